The van der Waals surface area contributed by atoms with Crippen molar-refractivity contribution in [3.8, 4) is 0 Å². The Kier molecular flexibility index (Phi) is 5.76. The minimum Gasteiger partial charge on any atom is -0.352 e. The molecular formula is C16H27N3OS. The predicted octanol–water partition coefficient (Wildman–Crippen LogP) is 2.97. The van der Waals surface area contributed by atoms with Crippen molar-refractivity contribution in [3.63, 3.8) is 0 Å². The summed E-state index contributed by atoms with van der Waals surface area (Å²) in [4.78, 5) is 19.0. The van der Waals surface area contributed by atoms with Gasteiger partial charge in [0.25, 0.3) is 0 Å². The van der Waals surface area contributed by atoms with Crippen LogP contribution in [0.4, 0.5) is 0 Å². The Hall–Kier alpha value is -0.940. The van der Waals surface area contributed by atoms with Crippen molar-refractivity contribution in [1.29, 1.82) is 0 Å². The highest BCUT2D eigenvalue weighted by Crippen LogP contribution is 2.24. The van der Waals surface area contributed by atoms with Crippen LogP contribution in [0.1, 0.15) is 50.2 Å². The van der Waals surface area contributed by atoms with E-state index in [4.69, 9.17) is 0 Å². The molecule has 0 radical (unpaired) electrons. The lowest BCUT2D eigenvalue weighted by Crippen LogP contribution is -2.49. The topological polar surface area (TPSA) is 45.2 Å². The van der Waals surface area contributed by atoms with Gasteiger partial charge in [0.05, 0.1) is 16.7 Å². The van der Waals surface area contributed by atoms with E-state index >= 15 is 0 Å². The molecule has 1 fully saturated rings. The summed E-state index contributed by atoms with van der Waals surface area (Å²) in [6.45, 7) is 6.95. The Morgan fingerprint density at radius 1 is 1.52 bits per heavy atom. The van der Waals surface area contributed by atoms with E-state index in [2.05, 4.69) is 27.5 Å². The molecule has 1 saturated carbocycles. The van der Waals surface area contributed by atoms with E-state index in [1.54, 1.807) is 11.3 Å². The number of hydrogen-bond donors (Lipinski definition) is 1. The maximum Gasteiger partial charge on any atom is 0.237 e. The van der Waals surface area contributed by atoms with Gasteiger partial charge >= 0.3 is 0 Å². The second-order valence-corrected chi connectivity index (χ2v) is 7.39. The highest BCUT2D eigenvalue weighted by molar-refractivity contribution is 7.09. The zero-order chi connectivity index (χ0) is 15.4. The van der Waals surface area contributed by atoms with Crippen molar-refractivity contribution in [2.45, 2.75) is 65.1 Å². The third kappa shape index (κ3) is 4.51. The summed E-state index contributed by atoms with van der Waals surface area (Å²) in [5.41, 5.74) is 1.05. The van der Waals surface area contributed by atoms with Crippen LogP contribution in [0.25, 0.3) is 0 Å². The maximum absolute atomic E-state index is 12.4. The zero-order valence-corrected chi connectivity index (χ0v) is 14.4. The van der Waals surface area contributed by atoms with E-state index in [1.165, 1.54) is 19.3 Å². The predicted molar refractivity (Wildman–Crippen MR) is 87.3 cm³/mol. The van der Waals surface area contributed by atoms with E-state index in [-0.39, 0.29) is 11.9 Å². The van der Waals surface area contributed by atoms with Crippen molar-refractivity contribution >= 4 is 17.2 Å². The quantitative estimate of drug-likeness (QED) is 0.909. The summed E-state index contributed by atoms with van der Waals surface area (Å²) in [5.74, 6) is 0.740. The molecule has 0 saturated heterocycles. The summed E-state index contributed by atoms with van der Waals surface area (Å²) in [6, 6.07) is 0.227. The van der Waals surface area contributed by atoms with Crippen molar-refractivity contribution in [2.24, 2.45) is 5.92 Å². The fourth-order valence-corrected chi connectivity index (χ4v) is 3.51. The lowest BCUT2D eigenvalue weighted by molar-refractivity contribution is -0.126. The molecule has 1 heterocycles. The van der Waals surface area contributed by atoms with Crippen molar-refractivity contribution in [2.75, 3.05) is 7.05 Å². The van der Waals surface area contributed by atoms with Gasteiger partial charge in [0.15, 0.2) is 0 Å². The molecular weight excluding hydrogens is 282 g/mol. The van der Waals surface area contributed by atoms with Crippen LogP contribution in [-0.4, -0.2) is 34.9 Å². The Labute approximate surface area is 132 Å². The van der Waals surface area contributed by atoms with Gasteiger partial charge in [-0.3, -0.25) is 9.69 Å². The molecule has 1 aliphatic carbocycles. The first-order valence-electron chi connectivity index (χ1n) is 7.89. The van der Waals surface area contributed by atoms with Gasteiger partial charge in [0, 0.05) is 18.0 Å². The number of carbonyl (C=O) groups is 1. The van der Waals surface area contributed by atoms with E-state index < -0.39 is 0 Å². The molecule has 1 aromatic rings. The summed E-state index contributed by atoms with van der Waals surface area (Å²) < 4.78 is 0. The number of nitrogens with zero attached hydrogens (tertiary/aromatic N) is 2. The van der Waals surface area contributed by atoms with E-state index in [9.17, 15) is 4.79 Å². The van der Waals surface area contributed by atoms with Crippen molar-refractivity contribution in [3.05, 3.63) is 16.1 Å². The summed E-state index contributed by atoms with van der Waals surface area (Å²) in [5, 5.41) is 6.39. The molecule has 0 aromatic carbocycles. The Bertz CT molecular complexity index is 474. The first kappa shape index (κ1) is 16.4. The molecule has 0 aliphatic heterocycles. The third-order valence-electron chi connectivity index (χ3n) is 4.56. The second-order valence-electron chi connectivity index (χ2n) is 6.33. The van der Waals surface area contributed by atoms with Crippen LogP contribution in [0.3, 0.4) is 0 Å². The molecule has 0 spiro atoms. The summed E-state index contributed by atoms with van der Waals surface area (Å²) >= 11 is 1.66. The van der Waals surface area contributed by atoms with Gasteiger partial charge in [-0.1, -0.05) is 19.8 Å². The fraction of sp³-hybridized carbons (Fsp3) is 0.750. The lowest BCUT2D eigenvalue weighted by atomic mass is 9.86. The molecule has 2 rings (SSSR count). The average molecular weight is 309 g/mol. The molecule has 21 heavy (non-hydrogen) atoms. The minimum absolute atomic E-state index is 0.124. The second kappa shape index (κ2) is 7.36. The van der Waals surface area contributed by atoms with Gasteiger partial charge < -0.3 is 5.32 Å². The Morgan fingerprint density at radius 2 is 2.24 bits per heavy atom. The smallest absolute Gasteiger partial charge is 0.237 e. The molecule has 3 unspecified atom stereocenters. The van der Waals surface area contributed by atoms with Crippen LogP contribution in [0, 0.1) is 12.8 Å². The minimum atomic E-state index is -0.124. The number of likely N-dealkylation sites (N-methyl/N-ethyl adjacent to an activating group) is 1. The lowest BCUT2D eigenvalue weighted by Gasteiger charge is -2.32. The molecule has 1 amide bonds. The van der Waals surface area contributed by atoms with Crippen LogP contribution >= 0.6 is 11.3 Å². The van der Waals surface area contributed by atoms with Gasteiger partial charge in [-0.05, 0) is 39.7 Å². The highest BCUT2D eigenvalue weighted by atomic mass is 32.1. The van der Waals surface area contributed by atoms with Crippen LogP contribution in [0.15, 0.2) is 5.38 Å². The number of thiazole rings is 1. The molecule has 1 aliphatic rings. The molecule has 5 heteroatoms. The molecule has 3 atom stereocenters. The number of carbonyl (C=O) groups excluding carboxylic acids is 1. The molecule has 0 bridgehead atoms. The van der Waals surface area contributed by atoms with Crippen LogP contribution in [0.2, 0.25) is 0 Å². The first-order chi connectivity index (χ1) is 9.97. The maximum atomic E-state index is 12.4. The summed E-state index contributed by atoms with van der Waals surface area (Å²) in [7, 11) is 1.99. The molecule has 1 N–H and O–H groups in total. The monoisotopic (exact) mass is 309 g/mol. The number of nitrogens with one attached hydrogen (secondary N) is 1. The molecule has 4 nitrogen and oxygen atoms in total. The normalized spacial score (nSPS) is 24.0. The van der Waals surface area contributed by atoms with Crippen LogP contribution in [0.5, 0.6) is 0 Å². The number of aryl methyl sites for hydroxylation is 1. The number of aromatic nitrogens is 1. The largest absolute Gasteiger partial charge is 0.352 e. The van der Waals surface area contributed by atoms with Crippen LogP contribution in [-0.2, 0) is 11.3 Å². The molecule has 118 valence electrons. The van der Waals surface area contributed by atoms with Gasteiger partial charge in [-0.15, -0.1) is 11.3 Å². The van der Waals surface area contributed by atoms with E-state index in [1.807, 2.05) is 20.9 Å². The Balaban J connectivity index is 1.85. The van der Waals surface area contributed by atoms with Gasteiger partial charge in [0.1, 0.15) is 0 Å². The van der Waals surface area contributed by atoms with E-state index in [0.717, 1.165) is 23.7 Å². The molecule has 1 aromatic heterocycles. The van der Waals surface area contributed by atoms with Gasteiger partial charge in [0.2, 0.25) is 5.91 Å². The first-order valence-corrected chi connectivity index (χ1v) is 8.77. The van der Waals surface area contributed by atoms with E-state index in [0.29, 0.717) is 12.0 Å². The zero-order valence-electron chi connectivity index (χ0n) is 13.6. The highest BCUT2D eigenvalue weighted by Gasteiger charge is 2.26. The number of hydrogen-bond acceptors (Lipinski definition) is 4. The number of amides is 1. The Morgan fingerprint density at radius 3 is 2.86 bits per heavy atom. The standard InChI is InChI=1S/C16H27N3OS/c1-11-7-5-6-8-15(11)18-16(20)12(2)19(4)9-14-10-21-13(3)17-14/h10-12,15H,5-9H2,1-4H3,(H,18,20). The third-order valence-corrected chi connectivity index (χ3v) is 5.38. The van der Waals surface area contributed by atoms with Crippen molar-refractivity contribution < 1.29 is 4.79 Å². The SMILES string of the molecule is Cc1nc(CN(C)C(C)C(=O)NC2CCCCC2C)cs1. The van der Waals surface area contributed by atoms with Crippen LogP contribution < -0.4 is 5.32 Å². The fourth-order valence-electron chi connectivity index (χ4n) is 2.91. The summed E-state index contributed by atoms with van der Waals surface area (Å²) in [6.07, 6.45) is 4.88. The van der Waals surface area contributed by atoms with Gasteiger partial charge in [-0.25, -0.2) is 4.98 Å². The average Bonchev–Trinajstić information content (AvgIpc) is 2.85. The van der Waals surface area contributed by atoms with Gasteiger partial charge in [-0.2, -0.15) is 0 Å². The van der Waals surface area contributed by atoms with Crippen molar-refractivity contribution in [1.82, 2.24) is 15.2 Å². The number of rotatable bonds is 5.